The number of furan rings is 1. The van der Waals surface area contributed by atoms with Gasteiger partial charge in [0.1, 0.15) is 6.10 Å². The third-order valence-electron chi connectivity index (χ3n) is 1.89. The van der Waals surface area contributed by atoms with Gasteiger partial charge in [0.05, 0.1) is 11.8 Å². The maximum absolute atomic E-state index is 10.7. The van der Waals surface area contributed by atoms with Crippen LogP contribution in [0.25, 0.3) is 6.08 Å². The summed E-state index contributed by atoms with van der Waals surface area (Å²) in [5, 5.41) is 0. The van der Waals surface area contributed by atoms with Crippen molar-refractivity contribution in [3.63, 3.8) is 0 Å². The molecule has 0 saturated carbocycles. The SMILES string of the molecule is CC(=O)C=CC1C=Cc2ccoc2O1. The van der Waals surface area contributed by atoms with Gasteiger partial charge in [0.2, 0.25) is 0 Å². The van der Waals surface area contributed by atoms with Gasteiger partial charge in [-0.15, -0.1) is 0 Å². The van der Waals surface area contributed by atoms with Crippen molar-refractivity contribution in [2.75, 3.05) is 0 Å². The standard InChI is InChI=1S/C11H10O3/c1-8(12)2-4-10-5-3-9-6-7-13-11(9)14-10/h2-7,10H,1H3. The van der Waals surface area contributed by atoms with Gasteiger partial charge in [0.15, 0.2) is 5.78 Å². The predicted octanol–water partition coefficient (Wildman–Crippen LogP) is 2.20. The van der Waals surface area contributed by atoms with E-state index in [2.05, 4.69) is 0 Å². The van der Waals surface area contributed by atoms with Crippen LogP contribution in [0.3, 0.4) is 0 Å². The Morgan fingerprint density at radius 2 is 2.43 bits per heavy atom. The van der Waals surface area contributed by atoms with E-state index in [0.29, 0.717) is 5.95 Å². The van der Waals surface area contributed by atoms with Crippen molar-refractivity contribution in [3.05, 3.63) is 36.1 Å². The van der Waals surface area contributed by atoms with Gasteiger partial charge in [-0.05, 0) is 37.3 Å². The van der Waals surface area contributed by atoms with Crippen LogP contribution in [0.4, 0.5) is 0 Å². The Labute approximate surface area is 81.7 Å². The van der Waals surface area contributed by atoms with E-state index in [0.717, 1.165) is 5.56 Å². The minimum Gasteiger partial charge on any atom is -0.453 e. The zero-order chi connectivity index (χ0) is 9.97. The molecule has 0 aromatic carbocycles. The molecule has 0 fully saturated rings. The van der Waals surface area contributed by atoms with E-state index >= 15 is 0 Å². The first-order chi connectivity index (χ1) is 6.75. The zero-order valence-corrected chi connectivity index (χ0v) is 7.77. The lowest BCUT2D eigenvalue weighted by Crippen LogP contribution is -2.13. The van der Waals surface area contributed by atoms with Crippen LogP contribution in [0, 0.1) is 0 Å². The van der Waals surface area contributed by atoms with Crippen LogP contribution in [0.5, 0.6) is 5.95 Å². The smallest absolute Gasteiger partial charge is 0.292 e. The molecule has 1 unspecified atom stereocenters. The highest BCUT2D eigenvalue weighted by Gasteiger charge is 2.14. The van der Waals surface area contributed by atoms with Crippen LogP contribution >= 0.6 is 0 Å². The molecule has 1 aliphatic heterocycles. The number of allylic oxidation sites excluding steroid dienone is 1. The van der Waals surface area contributed by atoms with Crippen LogP contribution in [-0.4, -0.2) is 11.9 Å². The molecule has 0 aliphatic carbocycles. The van der Waals surface area contributed by atoms with Crippen molar-refractivity contribution in [1.82, 2.24) is 0 Å². The Hall–Kier alpha value is -1.77. The van der Waals surface area contributed by atoms with Gasteiger partial charge in [-0.1, -0.05) is 0 Å². The summed E-state index contributed by atoms with van der Waals surface area (Å²) in [5.74, 6) is 0.512. The van der Waals surface area contributed by atoms with Crippen LogP contribution in [0.2, 0.25) is 0 Å². The number of carbonyl (C=O) groups excluding carboxylic acids is 1. The summed E-state index contributed by atoms with van der Waals surface area (Å²) < 4.78 is 10.5. The van der Waals surface area contributed by atoms with Crippen molar-refractivity contribution in [1.29, 1.82) is 0 Å². The molecule has 0 amide bonds. The molecule has 14 heavy (non-hydrogen) atoms. The van der Waals surface area contributed by atoms with E-state index < -0.39 is 0 Å². The lowest BCUT2D eigenvalue weighted by atomic mass is 10.2. The molecule has 2 heterocycles. The topological polar surface area (TPSA) is 39.4 Å². The van der Waals surface area contributed by atoms with Gasteiger partial charge in [-0.3, -0.25) is 4.79 Å². The highest BCUT2D eigenvalue weighted by atomic mass is 16.6. The lowest BCUT2D eigenvalue weighted by Gasteiger charge is -2.13. The van der Waals surface area contributed by atoms with E-state index in [1.54, 1.807) is 12.3 Å². The molecule has 0 N–H and O–H groups in total. The summed E-state index contributed by atoms with van der Waals surface area (Å²) in [6, 6.07) is 1.83. The molecule has 2 rings (SSSR count). The average Bonchev–Trinajstić information content (AvgIpc) is 2.61. The van der Waals surface area contributed by atoms with Gasteiger partial charge in [0.25, 0.3) is 5.95 Å². The fraction of sp³-hybridized carbons (Fsp3) is 0.182. The number of ether oxygens (including phenoxy) is 1. The molecule has 1 aromatic heterocycles. The van der Waals surface area contributed by atoms with E-state index in [1.165, 1.54) is 13.0 Å². The quantitative estimate of drug-likeness (QED) is 0.671. The molecule has 1 aliphatic rings. The summed E-state index contributed by atoms with van der Waals surface area (Å²) in [5.41, 5.74) is 0.928. The van der Waals surface area contributed by atoms with E-state index in [1.807, 2.05) is 18.2 Å². The van der Waals surface area contributed by atoms with Crippen molar-refractivity contribution in [2.24, 2.45) is 0 Å². The van der Waals surface area contributed by atoms with Gasteiger partial charge in [-0.25, -0.2) is 0 Å². The molecular formula is C11H10O3. The third-order valence-corrected chi connectivity index (χ3v) is 1.89. The predicted molar refractivity (Wildman–Crippen MR) is 52.0 cm³/mol. The van der Waals surface area contributed by atoms with Crippen LogP contribution in [-0.2, 0) is 4.79 Å². The fourth-order valence-corrected chi connectivity index (χ4v) is 1.22. The van der Waals surface area contributed by atoms with E-state index in [9.17, 15) is 4.79 Å². The lowest BCUT2D eigenvalue weighted by molar-refractivity contribution is -0.112. The Bertz CT molecular complexity index is 398. The number of hydrogen-bond donors (Lipinski definition) is 0. The summed E-state index contributed by atoms with van der Waals surface area (Å²) in [6.45, 7) is 1.50. The van der Waals surface area contributed by atoms with Crippen LogP contribution in [0.1, 0.15) is 12.5 Å². The molecule has 3 nitrogen and oxygen atoms in total. The first-order valence-corrected chi connectivity index (χ1v) is 4.37. The highest BCUT2D eigenvalue weighted by molar-refractivity contribution is 5.87. The van der Waals surface area contributed by atoms with Crippen molar-refractivity contribution in [2.45, 2.75) is 13.0 Å². The van der Waals surface area contributed by atoms with Crippen LogP contribution < -0.4 is 4.74 Å². The minimum absolute atomic E-state index is 0.00671. The van der Waals surface area contributed by atoms with Crippen molar-refractivity contribution < 1.29 is 13.9 Å². The van der Waals surface area contributed by atoms with Gasteiger partial charge >= 0.3 is 0 Å². The van der Waals surface area contributed by atoms with Crippen LogP contribution in [0.15, 0.2) is 35.0 Å². The summed E-state index contributed by atoms with van der Waals surface area (Å²) in [7, 11) is 0. The second-order valence-electron chi connectivity index (χ2n) is 3.07. The van der Waals surface area contributed by atoms with E-state index in [4.69, 9.17) is 9.15 Å². The molecule has 3 heteroatoms. The maximum Gasteiger partial charge on any atom is 0.292 e. The van der Waals surface area contributed by atoms with Gasteiger partial charge in [-0.2, -0.15) is 0 Å². The summed E-state index contributed by atoms with van der Waals surface area (Å²) >= 11 is 0. The first kappa shape index (κ1) is 8.81. The molecule has 0 saturated heterocycles. The van der Waals surface area contributed by atoms with Gasteiger partial charge in [0, 0.05) is 0 Å². The molecule has 0 spiro atoms. The molecule has 0 radical (unpaired) electrons. The monoisotopic (exact) mass is 190 g/mol. The molecule has 1 aromatic rings. The Balaban J connectivity index is 2.11. The number of fused-ring (bicyclic) bond motifs is 1. The Morgan fingerprint density at radius 3 is 3.21 bits per heavy atom. The zero-order valence-electron chi connectivity index (χ0n) is 7.77. The highest BCUT2D eigenvalue weighted by Crippen LogP contribution is 2.26. The fourth-order valence-electron chi connectivity index (χ4n) is 1.22. The maximum atomic E-state index is 10.7. The second-order valence-corrected chi connectivity index (χ2v) is 3.07. The largest absolute Gasteiger partial charge is 0.453 e. The second kappa shape index (κ2) is 3.54. The number of hydrogen-bond acceptors (Lipinski definition) is 3. The molecule has 0 bridgehead atoms. The minimum atomic E-state index is -0.211. The van der Waals surface area contributed by atoms with Crippen molar-refractivity contribution >= 4 is 11.9 Å². The summed E-state index contributed by atoms with van der Waals surface area (Å²) in [6.07, 6.45) is 8.34. The van der Waals surface area contributed by atoms with E-state index in [-0.39, 0.29) is 11.9 Å². The Morgan fingerprint density at radius 1 is 1.57 bits per heavy atom. The average molecular weight is 190 g/mol. The molecular weight excluding hydrogens is 180 g/mol. The number of ketones is 1. The third kappa shape index (κ3) is 1.76. The number of carbonyl (C=O) groups is 1. The first-order valence-electron chi connectivity index (χ1n) is 4.37. The van der Waals surface area contributed by atoms with Gasteiger partial charge < -0.3 is 9.15 Å². The molecule has 1 atom stereocenters. The normalized spacial score (nSPS) is 19.4. The molecule has 72 valence electrons. The Kier molecular flexibility index (Phi) is 2.23. The number of rotatable bonds is 2. The summed E-state index contributed by atoms with van der Waals surface area (Å²) in [4.78, 5) is 10.7. The van der Waals surface area contributed by atoms with Crippen molar-refractivity contribution in [3.8, 4) is 5.95 Å².